The van der Waals surface area contributed by atoms with Gasteiger partial charge in [0.2, 0.25) is 0 Å². The number of unbranched alkanes of at least 4 members (excludes halogenated alkanes) is 22. The van der Waals surface area contributed by atoms with Gasteiger partial charge in [-0.2, -0.15) is 0 Å². The summed E-state index contributed by atoms with van der Waals surface area (Å²) in [6.07, 6.45) is 60.0. The lowest BCUT2D eigenvalue weighted by Gasteiger charge is -2.20. The Kier molecular flexibility index (Phi) is 47.7. The van der Waals surface area contributed by atoms with Crippen molar-refractivity contribution >= 4 is 13.8 Å². The van der Waals surface area contributed by atoms with Crippen LogP contribution in [0, 0.1) is 0 Å². The maximum atomic E-state index is 12.7. The van der Waals surface area contributed by atoms with Gasteiger partial charge in [0, 0.05) is 13.0 Å². The number of aliphatic hydroxyl groups excluding tert-OH is 2. The number of aliphatic hydroxyl groups is 2. The maximum Gasteiger partial charge on any atom is 0.472 e. The van der Waals surface area contributed by atoms with Crippen molar-refractivity contribution in [2.24, 2.45) is 0 Å². The number of carbonyl (C=O) groups is 1. The fraction of sp³-hybridized carbons (Fsp3) is 0.755. The normalized spacial score (nSPS) is 14.4. The van der Waals surface area contributed by atoms with E-state index in [1.54, 1.807) is 0 Å². The van der Waals surface area contributed by atoms with E-state index in [1.807, 2.05) is 0 Å². The van der Waals surface area contributed by atoms with Crippen LogP contribution in [0.1, 0.15) is 213 Å². The lowest BCUT2D eigenvalue weighted by molar-refractivity contribution is -0.154. The van der Waals surface area contributed by atoms with E-state index in [2.05, 4.69) is 86.8 Å². The highest BCUT2D eigenvalue weighted by Gasteiger charge is 2.26. The van der Waals surface area contributed by atoms with E-state index >= 15 is 0 Å². The zero-order valence-electron chi connectivity index (χ0n) is 40.3. The summed E-state index contributed by atoms with van der Waals surface area (Å²) < 4.78 is 33.5. The Morgan fingerprint density at radius 1 is 0.508 bits per heavy atom. The molecule has 0 fully saturated rings. The predicted octanol–water partition coefficient (Wildman–Crippen LogP) is 14.9. The second kappa shape index (κ2) is 49.3. The van der Waals surface area contributed by atoms with E-state index in [0.717, 1.165) is 77.0 Å². The number of phosphoric ester groups is 1. The molecule has 0 aliphatic carbocycles. The lowest BCUT2D eigenvalue weighted by Crippen LogP contribution is -2.29. The van der Waals surface area contributed by atoms with Crippen molar-refractivity contribution in [3.05, 3.63) is 72.9 Å². The summed E-state index contributed by atoms with van der Waals surface area (Å²) >= 11 is 0. The first-order valence-corrected chi connectivity index (χ1v) is 26.9. The minimum Gasteiger partial charge on any atom is -0.457 e. The Labute approximate surface area is 386 Å². The molecule has 10 heteroatoms. The number of carbonyl (C=O) groups excluding carboxylic acids is 1. The minimum atomic E-state index is -4.53. The zero-order valence-corrected chi connectivity index (χ0v) is 41.2. The van der Waals surface area contributed by atoms with Crippen molar-refractivity contribution < 1.29 is 43.0 Å². The van der Waals surface area contributed by atoms with Gasteiger partial charge in [0.05, 0.1) is 26.4 Å². The molecule has 3 N–H and O–H groups in total. The van der Waals surface area contributed by atoms with Gasteiger partial charge in [0.15, 0.2) is 0 Å². The lowest BCUT2D eigenvalue weighted by atomic mass is 10.1. The van der Waals surface area contributed by atoms with Crippen LogP contribution in [0.5, 0.6) is 0 Å². The summed E-state index contributed by atoms with van der Waals surface area (Å²) in [5, 5.41) is 18.4. The summed E-state index contributed by atoms with van der Waals surface area (Å²) in [4.78, 5) is 22.7. The molecule has 63 heavy (non-hydrogen) atoms. The van der Waals surface area contributed by atoms with Crippen molar-refractivity contribution in [3.63, 3.8) is 0 Å². The molecule has 0 aromatic rings. The molecule has 0 saturated heterocycles. The highest BCUT2D eigenvalue weighted by molar-refractivity contribution is 7.47. The molecule has 0 aliphatic rings. The van der Waals surface area contributed by atoms with Crippen LogP contribution in [0.3, 0.4) is 0 Å². The summed E-state index contributed by atoms with van der Waals surface area (Å²) in [6, 6.07) is 0. The third-order valence-electron chi connectivity index (χ3n) is 10.6. The molecule has 3 unspecified atom stereocenters. The third-order valence-corrected chi connectivity index (χ3v) is 11.6. The molecule has 0 radical (unpaired) electrons. The second-order valence-electron chi connectivity index (χ2n) is 16.8. The van der Waals surface area contributed by atoms with Gasteiger partial charge in [-0.05, 0) is 83.5 Å². The number of allylic oxidation sites excluding steroid dienone is 12. The van der Waals surface area contributed by atoms with Crippen LogP contribution >= 0.6 is 7.82 Å². The van der Waals surface area contributed by atoms with E-state index in [9.17, 15) is 19.4 Å². The molecule has 3 atom stereocenters. The van der Waals surface area contributed by atoms with Gasteiger partial charge in [0.25, 0.3) is 0 Å². The van der Waals surface area contributed by atoms with Crippen LogP contribution in [0.2, 0.25) is 0 Å². The summed E-state index contributed by atoms with van der Waals surface area (Å²) in [5.41, 5.74) is 0. The quantitative estimate of drug-likeness (QED) is 0.0236. The largest absolute Gasteiger partial charge is 0.472 e. The van der Waals surface area contributed by atoms with Crippen LogP contribution in [-0.2, 0) is 27.9 Å². The third kappa shape index (κ3) is 49.2. The number of hydrogen-bond donors (Lipinski definition) is 3. The Morgan fingerprint density at radius 3 is 1.38 bits per heavy atom. The number of phosphoric acid groups is 1. The Balaban J connectivity index is 4.13. The van der Waals surface area contributed by atoms with Crippen molar-refractivity contribution in [1.29, 1.82) is 0 Å². The maximum absolute atomic E-state index is 12.7. The topological polar surface area (TPSA) is 132 Å². The molecule has 0 aromatic heterocycles. The number of esters is 1. The molecule has 9 nitrogen and oxygen atoms in total. The molecule has 366 valence electrons. The first-order valence-electron chi connectivity index (χ1n) is 25.4. The van der Waals surface area contributed by atoms with Crippen LogP contribution in [0.15, 0.2) is 72.9 Å². The first-order chi connectivity index (χ1) is 30.8. The number of ether oxygens (including phenoxy) is 2. The molecule has 0 saturated carbocycles. The fourth-order valence-corrected chi connectivity index (χ4v) is 7.58. The van der Waals surface area contributed by atoms with Gasteiger partial charge >= 0.3 is 13.8 Å². The van der Waals surface area contributed by atoms with E-state index in [0.29, 0.717) is 13.0 Å². The van der Waals surface area contributed by atoms with Crippen LogP contribution in [0.25, 0.3) is 0 Å². The van der Waals surface area contributed by atoms with Crippen LogP contribution in [0.4, 0.5) is 0 Å². The first kappa shape index (κ1) is 60.9. The number of hydrogen-bond acceptors (Lipinski definition) is 8. The molecule has 0 aliphatic heterocycles. The van der Waals surface area contributed by atoms with E-state index in [1.165, 1.54) is 109 Å². The number of rotatable bonds is 48. The zero-order chi connectivity index (χ0) is 46.0. The van der Waals surface area contributed by atoms with Gasteiger partial charge in [-0.15, -0.1) is 0 Å². The molecule has 0 spiro atoms. The van der Waals surface area contributed by atoms with Crippen molar-refractivity contribution in [3.8, 4) is 0 Å². The average Bonchev–Trinajstić information content (AvgIpc) is 3.28. The monoisotopic (exact) mass is 907 g/mol. The fourth-order valence-electron chi connectivity index (χ4n) is 6.79. The minimum absolute atomic E-state index is 0.0398. The van der Waals surface area contributed by atoms with Gasteiger partial charge in [-0.3, -0.25) is 13.8 Å². The highest BCUT2D eigenvalue weighted by atomic mass is 31.2. The molecule has 0 bridgehead atoms. The van der Waals surface area contributed by atoms with Crippen molar-refractivity contribution in [2.45, 2.75) is 225 Å². The summed E-state index contributed by atoms with van der Waals surface area (Å²) in [5.74, 6) is -0.395. The molecule has 0 rings (SSSR count). The smallest absolute Gasteiger partial charge is 0.457 e. The highest BCUT2D eigenvalue weighted by Crippen LogP contribution is 2.43. The second-order valence-corrected chi connectivity index (χ2v) is 18.3. The van der Waals surface area contributed by atoms with E-state index in [-0.39, 0.29) is 19.6 Å². The summed E-state index contributed by atoms with van der Waals surface area (Å²) in [6.45, 7) is 3.39. The van der Waals surface area contributed by atoms with Gasteiger partial charge in [-0.25, -0.2) is 4.57 Å². The van der Waals surface area contributed by atoms with Crippen molar-refractivity contribution in [2.75, 3.05) is 33.0 Å². The Hall–Kier alpha value is -2.10. The molecule has 0 aromatic carbocycles. The van der Waals surface area contributed by atoms with Crippen molar-refractivity contribution in [1.82, 2.24) is 0 Å². The Morgan fingerprint density at radius 2 is 0.905 bits per heavy atom. The van der Waals surface area contributed by atoms with Crippen LogP contribution < -0.4 is 0 Å². The van der Waals surface area contributed by atoms with Crippen LogP contribution in [-0.4, -0.2) is 66.3 Å². The SMILES string of the molecule is CC/C=C\C/C=C\C/C=C\C/C=C\C/C=C\CCCCCCCCCC(=O)OC(COCCCCCCCCCC/C=C\CCCCCCCCC)COP(=O)(O)OCC(O)CO. The van der Waals surface area contributed by atoms with E-state index in [4.69, 9.17) is 23.6 Å². The predicted molar refractivity (Wildman–Crippen MR) is 265 cm³/mol. The van der Waals surface area contributed by atoms with Gasteiger partial charge < -0.3 is 24.6 Å². The molecule has 0 heterocycles. The standard InChI is InChI=1S/C53H95O9P/c1-3-5-7-9-11-13-15-17-19-21-23-24-25-26-27-29-31-33-35-37-39-41-43-45-53(56)62-52(50-61-63(57,58)60-48-51(55)47-54)49-59-46-44-42-40-38-36-34-32-30-28-22-20-18-16-14-12-10-8-6-4-2/h5,7,11,13,17,19-20,22-24,26-27,51-52,54-55H,3-4,6,8-10,12,14-16,18,21,25,28-50H2,1-2H3,(H,57,58)/b7-5-,13-11-,19-17-,22-20-,24-23-,27-26-. The Bertz CT molecular complexity index is 1210. The van der Waals surface area contributed by atoms with Gasteiger partial charge in [-0.1, -0.05) is 196 Å². The van der Waals surface area contributed by atoms with E-state index < -0.39 is 39.2 Å². The van der Waals surface area contributed by atoms with Gasteiger partial charge in [0.1, 0.15) is 12.2 Å². The average molecular weight is 907 g/mol. The molecular formula is C53H95O9P. The summed E-state index contributed by atoms with van der Waals surface area (Å²) in [7, 11) is -4.53. The molecule has 0 amide bonds. The molecular weight excluding hydrogens is 812 g/mol.